The smallest absolute Gasteiger partial charge is 0.255 e. The molecule has 0 aromatic heterocycles. The van der Waals surface area contributed by atoms with E-state index in [0.29, 0.717) is 41.7 Å². The van der Waals surface area contributed by atoms with E-state index in [9.17, 15) is 9.59 Å². The van der Waals surface area contributed by atoms with Crippen LogP contribution in [0.5, 0.6) is 11.5 Å². The first-order valence-electron chi connectivity index (χ1n) is 8.59. The second-order valence-corrected chi connectivity index (χ2v) is 5.57. The van der Waals surface area contributed by atoms with Crippen molar-refractivity contribution in [3.63, 3.8) is 0 Å². The van der Waals surface area contributed by atoms with E-state index in [2.05, 4.69) is 10.6 Å². The predicted octanol–water partition coefficient (Wildman–Crippen LogP) is 3.32. The topological polar surface area (TPSA) is 85.9 Å². The van der Waals surface area contributed by atoms with Gasteiger partial charge in [-0.1, -0.05) is 18.2 Å². The summed E-state index contributed by atoms with van der Waals surface area (Å²) in [4.78, 5) is 24.4. The van der Waals surface area contributed by atoms with E-state index in [0.717, 1.165) is 0 Å². The molecule has 0 unspecified atom stereocenters. The Morgan fingerprint density at radius 1 is 0.926 bits per heavy atom. The lowest BCUT2D eigenvalue weighted by molar-refractivity contribution is -0.117. The Balaban J connectivity index is 2.19. The Morgan fingerprint density at radius 2 is 1.52 bits per heavy atom. The molecule has 0 saturated carbocycles. The molecule has 0 fully saturated rings. The van der Waals surface area contributed by atoms with Crippen LogP contribution in [0, 0.1) is 0 Å². The van der Waals surface area contributed by atoms with Gasteiger partial charge in [0.25, 0.3) is 5.91 Å². The van der Waals surface area contributed by atoms with Crippen LogP contribution >= 0.6 is 0 Å². The summed E-state index contributed by atoms with van der Waals surface area (Å²) in [6, 6.07) is 12.1. The third kappa shape index (κ3) is 5.72. The van der Waals surface area contributed by atoms with Crippen molar-refractivity contribution in [3.8, 4) is 11.5 Å². The van der Waals surface area contributed by atoms with Crippen molar-refractivity contribution in [1.29, 1.82) is 0 Å². The molecular weight excluding hydrogens is 348 g/mol. The maximum Gasteiger partial charge on any atom is 0.255 e. The molecule has 2 aromatic carbocycles. The first kappa shape index (κ1) is 20.3. The van der Waals surface area contributed by atoms with Crippen LogP contribution in [-0.4, -0.2) is 39.2 Å². The Hall–Kier alpha value is -3.06. The second kappa shape index (κ2) is 10.2. The van der Waals surface area contributed by atoms with Crippen LogP contribution in [-0.2, 0) is 9.53 Å². The van der Waals surface area contributed by atoms with Gasteiger partial charge in [-0.2, -0.15) is 0 Å². The number of ether oxygens (including phenoxy) is 3. The summed E-state index contributed by atoms with van der Waals surface area (Å²) in [6.07, 6.45) is 0.228. The van der Waals surface area contributed by atoms with Crippen LogP contribution in [0.2, 0.25) is 0 Å². The lowest BCUT2D eigenvalue weighted by Gasteiger charge is -2.16. The molecule has 0 bridgehead atoms. The summed E-state index contributed by atoms with van der Waals surface area (Å²) in [5, 5.41) is 5.57. The fraction of sp³-hybridized carbons (Fsp3) is 0.300. The summed E-state index contributed by atoms with van der Waals surface area (Å²) in [5.74, 6) is 0.332. The molecule has 0 aliphatic carbocycles. The van der Waals surface area contributed by atoms with Gasteiger partial charge in [-0.3, -0.25) is 9.59 Å². The molecule has 2 aromatic rings. The number of anilines is 2. The number of carbonyl (C=O) groups excluding carboxylic acids is 2. The molecule has 2 rings (SSSR count). The number of benzene rings is 2. The Bertz CT molecular complexity index is 777. The van der Waals surface area contributed by atoms with Gasteiger partial charge in [-0.05, 0) is 19.1 Å². The number of methoxy groups -OCH3 is 2. The SMILES string of the molecule is CCOCCC(=O)Nc1cc(OC)c(NC(=O)c2ccccc2)cc1OC. The third-order valence-electron chi connectivity index (χ3n) is 3.76. The highest BCUT2D eigenvalue weighted by molar-refractivity contribution is 6.05. The zero-order valence-corrected chi connectivity index (χ0v) is 15.7. The quantitative estimate of drug-likeness (QED) is 0.660. The van der Waals surface area contributed by atoms with Crippen molar-refractivity contribution in [3.05, 3.63) is 48.0 Å². The van der Waals surface area contributed by atoms with Crippen molar-refractivity contribution in [2.45, 2.75) is 13.3 Å². The Kier molecular flexibility index (Phi) is 7.63. The van der Waals surface area contributed by atoms with Crippen molar-refractivity contribution in [2.24, 2.45) is 0 Å². The summed E-state index contributed by atoms with van der Waals surface area (Å²) in [7, 11) is 2.97. The fourth-order valence-corrected chi connectivity index (χ4v) is 2.40. The van der Waals surface area contributed by atoms with E-state index < -0.39 is 0 Å². The zero-order chi connectivity index (χ0) is 19.6. The lowest BCUT2D eigenvalue weighted by atomic mass is 10.2. The zero-order valence-electron chi connectivity index (χ0n) is 15.7. The first-order valence-corrected chi connectivity index (χ1v) is 8.59. The van der Waals surface area contributed by atoms with Gasteiger partial charge in [0.05, 0.1) is 38.6 Å². The van der Waals surface area contributed by atoms with E-state index in [1.165, 1.54) is 14.2 Å². The van der Waals surface area contributed by atoms with E-state index in [1.807, 2.05) is 13.0 Å². The average molecular weight is 372 g/mol. The molecule has 0 saturated heterocycles. The highest BCUT2D eigenvalue weighted by Gasteiger charge is 2.16. The van der Waals surface area contributed by atoms with E-state index in [-0.39, 0.29) is 18.2 Å². The van der Waals surface area contributed by atoms with Gasteiger partial charge in [-0.25, -0.2) is 0 Å². The Morgan fingerprint density at radius 3 is 2.07 bits per heavy atom. The molecule has 0 spiro atoms. The number of rotatable bonds is 9. The van der Waals surface area contributed by atoms with Crippen molar-refractivity contribution >= 4 is 23.2 Å². The molecular formula is C20H24N2O5. The van der Waals surface area contributed by atoms with Crippen molar-refractivity contribution in [2.75, 3.05) is 38.1 Å². The highest BCUT2D eigenvalue weighted by atomic mass is 16.5. The lowest BCUT2D eigenvalue weighted by Crippen LogP contribution is -2.16. The van der Waals surface area contributed by atoms with E-state index in [1.54, 1.807) is 36.4 Å². The molecule has 0 aliphatic rings. The van der Waals surface area contributed by atoms with E-state index >= 15 is 0 Å². The van der Waals surface area contributed by atoms with Gasteiger partial charge < -0.3 is 24.8 Å². The normalized spacial score (nSPS) is 10.2. The molecule has 144 valence electrons. The maximum atomic E-state index is 12.4. The summed E-state index contributed by atoms with van der Waals surface area (Å²) >= 11 is 0. The van der Waals surface area contributed by atoms with Crippen LogP contribution in [0.1, 0.15) is 23.7 Å². The minimum Gasteiger partial charge on any atom is -0.494 e. The van der Waals surface area contributed by atoms with E-state index in [4.69, 9.17) is 14.2 Å². The first-order chi connectivity index (χ1) is 13.1. The van der Waals surface area contributed by atoms with Crippen molar-refractivity contribution < 1.29 is 23.8 Å². The van der Waals surface area contributed by atoms with Gasteiger partial charge in [-0.15, -0.1) is 0 Å². The molecule has 2 amide bonds. The van der Waals surface area contributed by atoms with Crippen LogP contribution < -0.4 is 20.1 Å². The largest absolute Gasteiger partial charge is 0.494 e. The molecule has 0 heterocycles. The summed E-state index contributed by atoms with van der Waals surface area (Å²) in [5.41, 5.74) is 1.41. The molecule has 7 heteroatoms. The molecule has 0 radical (unpaired) electrons. The highest BCUT2D eigenvalue weighted by Crippen LogP contribution is 2.36. The standard InChI is InChI=1S/C20H24N2O5/c1-4-27-11-10-19(23)21-15-12-18(26-3)16(13-17(15)25-2)22-20(24)14-8-6-5-7-9-14/h5-9,12-13H,4,10-11H2,1-3H3,(H,21,23)(H,22,24). The van der Waals surface area contributed by atoms with Gasteiger partial charge in [0.2, 0.25) is 5.91 Å². The number of hydrogen-bond donors (Lipinski definition) is 2. The molecule has 0 aliphatic heterocycles. The molecule has 27 heavy (non-hydrogen) atoms. The predicted molar refractivity (Wildman–Crippen MR) is 104 cm³/mol. The van der Waals surface area contributed by atoms with Crippen LogP contribution in [0.25, 0.3) is 0 Å². The van der Waals surface area contributed by atoms with Gasteiger partial charge in [0.15, 0.2) is 0 Å². The fourth-order valence-electron chi connectivity index (χ4n) is 2.40. The number of nitrogens with one attached hydrogen (secondary N) is 2. The minimum absolute atomic E-state index is 0.204. The monoisotopic (exact) mass is 372 g/mol. The third-order valence-corrected chi connectivity index (χ3v) is 3.76. The maximum absolute atomic E-state index is 12.4. The molecule has 7 nitrogen and oxygen atoms in total. The number of carbonyl (C=O) groups is 2. The van der Waals surface area contributed by atoms with Crippen molar-refractivity contribution in [1.82, 2.24) is 0 Å². The Labute approximate surface area is 158 Å². The molecule has 0 atom stereocenters. The number of amides is 2. The van der Waals surface area contributed by atoms with Crippen LogP contribution in [0.4, 0.5) is 11.4 Å². The van der Waals surface area contributed by atoms with Crippen LogP contribution in [0.15, 0.2) is 42.5 Å². The number of hydrogen-bond acceptors (Lipinski definition) is 5. The second-order valence-electron chi connectivity index (χ2n) is 5.57. The average Bonchev–Trinajstić information content (AvgIpc) is 2.69. The minimum atomic E-state index is -0.274. The van der Waals surface area contributed by atoms with Gasteiger partial charge in [0.1, 0.15) is 11.5 Å². The van der Waals surface area contributed by atoms with Gasteiger partial charge >= 0.3 is 0 Å². The molecule has 2 N–H and O–H groups in total. The van der Waals surface area contributed by atoms with Gasteiger partial charge in [0, 0.05) is 24.3 Å². The summed E-state index contributed by atoms with van der Waals surface area (Å²) < 4.78 is 15.9. The summed E-state index contributed by atoms with van der Waals surface area (Å²) in [6.45, 7) is 2.77. The van der Waals surface area contributed by atoms with Crippen LogP contribution in [0.3, 0.4) is 0 Å².